The van der Waals surface area contributed by atoms with E-state index in [0.717, 1.165) is 50.4 Å². The maximum Gasteiger partial charge on any atom is 0.451 e. The second kappa shape index (κ2) is 13.7. The highest BCUT2D eigenvalue weighted by atomic mass is 19.4. The highest BCUT2D eigenvalue weighted by molar-refractivity contribution is 6.93. The molecule has 306 valence electrons. The summed E-state index contributed by atoms with van der Waals surface area (Å²) in [6.07, 6.45) is -22.7. The van der Waals surface area contributed by atoms with Crippen LogP contribution < -0.4 is 16.9 Å². The fraction of sp³-hybridized carbons (Fsp3) is 0.100. The van der Waals surface area contributed by atoms with E-state index < -0.39 is 71.6 Å². The van der Waals surface area contributed by atoms with Crippen LogP contribution in [0, 0.1) is 0 Å². The maximum atomic E-state index is 13.9. The molecule has 0 atom stereocenters. The molecule has 0 aliphatic heterocycles. The van der Waals surface area contributed by atoms with Gasteiger partial charge in [-0.25, -0.2) is 29.9 Å². The number of nitrogens with zero attached hydrogens (tertiary/aromatic N) is 8. The summed E-state index contributed by atoms with van der Waals surface area (Å²) in [7, 11) is 0. The van der Waals surface area contributed by atoms with Crippen molar-refractivity contribution in [3.05, 3.63) is 139 Å². The molecular weight excluding hydrogens is 831 g/mol. The standard InChI is InChI=1S/C40H19BF12N8/c42-37(43,44)31-54-32(38(45,46)47)57-35(56-31)41(36-58-33(39(48,49)50)55-34(59-36)40(51,52)53)20-14-16-22(17-15-20)61-26-13-7-5-11-24(26)30-28(61)19-18-27-29(30)23-10-4-6-12-25(23)60(27)21-8-2-1-3-9-21/h1-19H. The van der Waals surface area contributed by atoms with E-state index >= 15 is 0 Å². The molecule has 0 radical (unpaired) electrons. The molecule has 0 unspecified atom stereocenters. The van der Waals surface area contributed by atoms with Crippen molar-refractivity contribution in [1.29, 1.82) is 0 Å². The quantitative estimate of drug-likeness (QED) is 0.127. The number of rotatable bonds is 5. The van der Waals surface area contributed by atoms with Gasteiger partial charge in [0, 0.05) is 32.9 Å². The fourth-order valence-corrected chi connectivity index (χ4v) is 7.43. The van der Waals surface area contributed by atoms with Gasteiger partial charge in [-0.2, -0.15) is 52.7 Å². The van der Waals surface area contributed by atoms with Crippen LogP contribution in [-0.2, 0) is 24.7 Å². The number of hydrogen-bond acceptors (Lipinski definition) is 6. The molecule has 0 fully saturated rings. The highest BCUT2D eigenvalue weighted by Gasteiger charge is 2.46. The largest absolute Gasteiger partial charge is 0.451 e. The van der Waals surface area contributed by atoms with Crippen molar-refractivity contribution in [2.45, 2.75) is 24.7 Å². The summed E-state index contributed by atoms with van der Waals surface area (Å²) in [6.45, 7) is -2.48. The smallest absolute Gasteiger partial charge is 0.309 e. The number of halogens is 12. The molecule has 0 N–H and O–H groups in total. The van der Waals surface area contributed by atoms with Gasteiger partial charge >= 0.3 is 31.4 Å². The van der Waals surface area contributed by atoms with Crippen molar-refractivity contribution in [3.63, 3.8) is 0 Å². The molecular formula is C40H19BF12N8. The second-order valence-corrected chi connectivity index (χ2v) is 13.6. The number of hydrogen-bond donors (Lipinski definition) is 0. The van der Waals surface area contributed by atoms with E-state index in [1.807, 2.05) is 78.9 Å². The van der Waals surface area contributed by atoms with E-state index in [1.165, 1.54) is 12.1 Å². The van der Waals surface area contributed by atoms with Crippen LogP contribution in [0.25, 0.3) is 55.0 Å². The monoisotopic (exact) mass is 850 g/mol. The molecule has 0 aliphatic carbocycles. The minimum atomic E-state index is -5.67. The molecule has 0 saturated carbocycles. The Hall–Kier alpha value is -7.06. The van der Waals surface area contributed by atoms with Gasteiger partial charge in [-0.3, -0.25) is 0 Å². The topological polar surface area (TPSA) is 87.2 Å². The van der Waals surface area contributed by atoms with Crippen molar-refractivity contribution < 1.29 is 52.7 Å². The summed E-state index contributed by atoms with van der Waals surface area (Å²) in [5.41, 5.74) is 0.755. The van der Waals surface area contributed by atoms with E-state index in [0.29, 0.717) is 16.7 Å². The Morgan fingerprint density at radius 3 is 1.07 bits per heavy atom. The average Bonchev–Trinajstić information content (AvgIpc) is 3.73. The summed E-state index contributed by atoms with van der Waals surface area (Å²) in [4.78, 5) is 17.1. The lowest BCUT2D eigenvalue weighted by molar-refractivity contribution is -0.156. The van der Waals surface area contributed by atoms with Crippen molar-refractivity contribution in [2.75, 3.05) is 0 Å². The van der Waals surface area contributed by atoms with Crippen molar-refractivity contribution in [2.24, 2.45) is 0 Å². The van der Waals surface area contributed by atoms with Gasteiger partial charge in [0.2, 0.25) is 23.3 Å². The molecule has 0 saturated heterocycles. The van der Waals surface area contributed by atoms with Crippen molar-refractivity contribution >= 4 is 67.2 Å². The van der Waals surface area contributed by atoms with Crippen LogP contribution in [0.15, 0.2) is 115 Å². The third-order valence-electron chi connectivity index (χ3n) is 9.81. The Kier molecular flexibility index (Phi) is 8.88. The highest BCUT2D eigenvalue weighted by Crippen LogP contribution is 2.42. The summed E-state index contributed by atoms with van der Waals surface area (Å²) in [5.74, 6) is -9.67. The first-order chi connectivity index (χ1) is 28.8. The molecule has 0 spiro atoms. The molecule has 4 aromatic heterocycles. The molecule has 61 heavy (non-hydrogen) atoms. The van der Waals surface area contributed by atoms with E-state index in [2.05, 4.69) is 34.5 Å². The van der Waals surface area contributed by atoms with Crippen molar-refractivity contribution in [1.82, 2.24) is 39.0 Å². The van der Waals surface area contributed by atoms with E-state index in [1.54, 1.807) is 16.7 Å². The summed E-state index contributed by atoms with van der Waals surface area (Å²) in [5, 5.41) is 3.40. The Morgan fingerprint density at radius 1 is 0.344 bits per heavy atom. The first-order valence-electron chi connectivity index (χ1n) is 17.7. The maximum absolute atomic E-state index is 13.9. The van der Waals surface area contributed by atoms with Crippen LogP contribution in [-0.4, -0.2) is 45.8 Å². The molecule has 4 heterocycles. The SMILES string of the molecule is FC(F)(F)c1nc(B(c2ccc(-n3c4ccccc4c4c5c6ccccc6n(-c6ccccc6)c5ccc43)cc2)c2nc(C(F)(F)F)nc(C(F)(F)F)n2)nc(C(F)(F)F)n1. The average molecular weight is 850 g/mol. The summed E-state index contributed by atoms with van der Waals surface area (Å²) in [6, 6.07) is 33.3. The van der Waals surface area contributed by atoms with Crippen molar-refractivity contribution in [3.8, 4) is 11.4 Å². The molecule has 5 aromatic carbocycles. The van der Waals surface area contributed by atoms with E-state index in [-0.39, 0.29) is 0 Å². The summed E-state index contributed by atoms with van der Waals surface area (Å²) >= 11 is 0. The minimum Gasteiger partial charge on any atom is -0.309 e. The Labute approximate surface area is 333 Å². The van der Waals surface area contributed by atoms with E-state index in [9.17, 15) is 52.7 Å². The van der Waals surface area contributed by atoms with E-state index in [4.69, 9.17) is 0 Å². The zero-order valence-electron chi connectivity index (χ0n) is 30.2. The number of benzene rings is 5. The minimum absolute atomic E-state index is 0.338. The zero-order valence-corrected chi connectivity index (χ0v) is 30.2. The molecule has 0 aliphatic rings. The summed E-state index contributed by atoms with van der Waals surface area (Å²) < 4.78 is 171. The van der Waals surface area contributed by atoms with Gasteiger partial charge in [0.1, 0.15) is 11.4 Å². The van der Waals surface area contributed by atoms with Crippen LogP contribution in [0.4, 0.5) is 52.7 Å². The predicted molar refractivity (Wildman–Crippen MR) is 199 cm³/mol. The van der Waals surface area contributed by atoms with Crippen LogP contribution in [0.1, 0.15) is 23.3 Å². The normalized spacial score (nSPS) is 12.9. The number of fused-ring (bicyclic) bond motifs is 7. The van der Waals surface area contributed by atoms with Gasteiger partial charge < -0.3 is 9.13 Å². The molecule has 9 aromatic rings. The molecule has 0 amide bonds. The Balaban J connectivity index is 1.28. The Morgan fingerprint density at radius 2 is 0.689 bits per heavy atom. The zero-order chi connectivity index (χ0) is 43.2. The third-order valence-corrected chi connectivity index (χ3v) is 9.81. The predicted octanol–water partition coefficient (Wildman–Crippen LogP) is 8.84. The van der Waals surface area contributed by atoms with Crippen LogP contribution in [0.3, 0.4) is 0 Å². The molecule has 8 nitrogen and oxygen atoms in total. The third kappa shape index (κ3) is 6.82. The molecule has 21 heteroatoms. The Bertz CT molecular complexity index is 3020. The van der Waals surface area contributed by atoms with Crippen LogP contribution in [0.5, 0.6) is 0 Å². The number of para-hydroxylation sites is 3. The lowest BCUT2D eigenvalue weighted by atomic mass is 9.43. The van der Waals surface area contributed by atoms with Crippen LogP contribution in [0.2, 0.25) is 0 Å². The molecule has 0 bridgehead atoms. The lowest BCUT2D eigenvalue weighted by Gasteiger charge is -2.18. The first-order valence-corrected chi connectivity index (χ1v) is 17.7. The van der Waals surface area contributed by atoms with Gasteiger partial charge in [0.05, 0.1) is 22.1 Å². The molecule has 9 rings (SSSR count). The number of aromatic nitrogens is 8. The fourth-order valence-electron chi connectivity index (χ4n) is 7.43. The van der Waals surface area contributed by atoms with Gasteiger partial charge in [-0.1, -0.05) is 72.2 Å². The van der Waals surface area contributed by atoms with Crippen LogP contribution >= 0.6 is 0 Å². The number of alkyl halides is 12. The second-order valence-electron chi connectivity index (χ2n) is 13.6. The first kappa shape index (κ1) is 39.4. The van der Waals surface area contributed by atoms with Gasteiger partial charge in [-0.15, -0.1) is 0 Å². The van der Waals surface area contributed by atoms with Gasteiger partial charge in [0.15, 0.2) is 0 Å². The van der Waals surface area contributed by atoms with Gasteiger partial charge in [0.25, 0.3) is 0 Å². The van der Waals surface area contributed by atoms with Gasteiger partial charge in [-0.05, 0) is 48.5 Å². The lowest BCUT2D eigenvalue weighted by Crippen LogP contribution is -2.58.